The summed E-state index contributed by atoms with van der Waals surface area (Å²) >= 11 is 1.70. The number of hydrogen-bond acceptors (Lipinski definition) is 15. The number of Topliss-reactive ketones (excluding diaryl/α,β-unsaturated/α-hetero) is 2. The minimum Gasteiger partial charge on any atom is -0.390 e. The molecule has 0 aliphatic rings. The molecule has 2 heterocycles. The SMILES string of the molecule is CC(C)c1cc(C#N)cc(C(C)C)c1CC(=O)CS(=O)(=O)c1sc(C(C)(C)O)nc1CO.CCc1nc(C(C)(C)O)sc1S(=O)(=O)CC(=O)Cc1c(C(C)C)cc(C#N)cc1C(C)C. The van der Waals surface area contributed by atoms with Gasteiger partial charge < -0.3 is 15.3 Å². The van der Waals surface area contributed by atoms with Crippen molar-refractivity contribution in [2.45, 2.75) is 159 Å². The third-order valence-electron chi connectivity index (χ3n) is 10.3. The van der Waals surface area contributed by atoms with Crippen molar-refractivity contribution in [2.24, 2.45) is 0 Å². The Labute approximate surface area is 387 Å². The molecule has 0 spiro atoms. The summed E-state index contributed by atoms with van der Waals surface area (Å²) in [5.74, 6) is -1.97. The van der Waals surface area contributed by atoms with Crippen LogP contribution in [0.25, 0.3) is 0 Å². The van der Waals surface area contributed by atoms with E-state index in [2.05, 4.69) is 22.1 Å². The average molecular weight is 955 g/mol. The molecule has 0 radical (unpaired) electrons. The lowest BCUT2D eigenvalue weighted by Crippen LogP contribution is -2.20. The fourth-order valence-electron chi connectivity index (χ4n) is 7.09. The van der Waals surface area contributed by atoms with Crippen molar-refractivity contribution in [1.82, 2.24) is 9.97 Å². The predicted molar refractivity (Wildman–Crippen MR) is 250 cm³/mol. The Hall–Kier alpha value is -4.20. The molecule has 0 bridgehead atoms. The van der Waals surface area contributed by atoms with Gasteiger partial charge in [0.05, 0.1) is 41.3 Å². The van der Waals surface area contributed by atoms with Gasteiger partial charge in [-0.25, -0.2) is 26.8 Å². The van der Waals surface area contributed by atoms with E-state index in [-0.39, 0.29) is 55.6 Å². The van der Waals surface area contributed by atoms with Crippen molar-refractivity contribution >= 4 is 53.9 Å². The van der Waals surface area contributed by atoms with E-state index in [1.807, 2.05) is 55.4 Å². The predicted octanol–water partition coefficient (Wildman–Crippen LogP) is 8.20. The maximum atomic E-state index is 13.1. The summed E-state index contributed by atoms with van der Waals surface area (Å²) in [6, 6.07) is 11.4. The van der Waals surface area contributed by atoms with Gasteiger partial charge in [0.15, 0.2) is 31.2 Å². The molecule has 348 valence electrons. The second kappa shape index (κ2) is 21.4. The lowest BCUT2D eigenvalue weighted by molar-refractivity contribution is -0.116. The number of aromatic nitrogens is 2. The van der Waals surface area contributed by atoms with Gasteiger partial charge in [0.1, 0.15) is 41.1 Å². The highest BCUT2D eigenvalue weighted by Crippen LogP contribution is 2.36. The summed E-state index contributed by atoms with van der Waals surface area (Å²) in [6.07, 6.45) is 0.308. The van der Waals surface area contributed by atoms with Gasteiger partial charge >= 0.3 is 0 Å². The number of rotatable bonds is 18. The van der Waals surface area contributed by atoms with E-state index in [4.69, 9.17) is 0 Å². The first kappa shape index (κ1) is 54.1. The van der Waals surface area contributed by atoms with E-state index in [0.29, 0.717) is 28.2 Å². The molecule has 17 heteroatoms. The largest absolute Gasteiger partial charge is 0.390 e. The zero-order valence-electron chi connectivity index (χ0n) is 39.1. The van der Waals surface area contributed by atoms with Crippen molar-refractivity contribution in [1.29, 1.82) is 10.5 Å². The van der Waals surface area contributed by atoms with Gasteiger partial charge in [0, 0.05) is 12.8 Å². The number of hydrogen-bond donors (Lipinski definition) is 3. The molecule has 0 saturated carbocycles. The molecule has 0 atom stereocenters. The molecule has 13 nitrogen and oxygen atoms in total. The third-order valence-corrected chi connectivity index (χ3v) is 17.7. The Kier molecular flexibility index (Phi) is 18.1. The second-order valence-electron chi connectivity index (χ2n) is 18.2. The Morgan fingerprint density at radius 1 is 0.625 bits per heavy atom. The Morgan fingerprint density at radius 2 is 0.922 bits per heavy atom. The molecule has 64 heavy (non-hydrogen) atoms. The van der Waals surface area contributed by atoms with E-state index in [1.54, 1.807) is 45.0 Å². The average Bonchev–Trinajstić information content (AvgIpc) is 3.84. The molecule has 3 N–H and O–H groups in total. The molecule has 0 amide bonds. The number of aryl methyl sites for hydroxylation is 1. The fourth-order valence-corrected chi connectivity index (χ4v) is 13.0. The highest BCUT2D eigenvalue weighted by molar-refractivity contribution is 7.94. The van der Waals surface area contributed by atoms with Crippen LogP contribution in [0.2, 0.25) is 0 Å². The number of aliphatic hydroxyl groups is 3. The lowest BCUT2D eigenvalue weighted by Gasteiger charge is -2.20. The maximum absolute atomic E-state index is 13.1. The molecule has 0 aliphatic heterocycles. The van der Waals surface area contributed by atoms with E-state index < -0.39 is 60.6 Å². The Morgan fingerprint density at radius 3 is 1.17 bits per heavy atom. The van der Waals surface area contributed by atoms with Crippen molar-refractivity contribution in [2.75, 3.05) is 11.5 Å². The monoisotopic (exact) mass is 954 g/mol. The number of sulfone groups is 2. The molecule has 0 aliphatic carbocycles. The van der Waals surface area contributed by atoms with Crippen molar-refractivity contribution in [3.8, 4) is 12.1 Å². The second-order valence-corrected chi connectivity index (χ2v) is 24.6. The van der Waals surface area contributed by atoms with E-state index >= 15 is 0 Å². The molecule has 2 aromatic heterocycles. The van der Waals surface area contributed by atoms with Gasteiger partial charge in [0.25, 0.3) is 0 Å². The summed E-state index contributed by atoms with van der Waals surface area (Å²) in [7, 11) is -7.96. The number of carbonyl (C=O) groups excluding carboxylic acids is 2. The number of thiazole rings is 2. The van der Waals surface area contributed by atoms with Gasteiger partial charge in [-0.2, -0.15) is 10.5 Å². The van der Waals surface area contributed by atoms with Crippen molar-refractivity contribution in [3.05, 3.63) is 90.2 Å². The van der Waals surface area contributed by atoms with Crippen molar-refractivity contribution in [3.63, 3.8) is 0 Å². The minimum absolute atomic E-state index is 0.00935. The topological polar surface area (TPSA) is 236 Å². The number of nitriles is 2. The number of carbonyl (C=O) groups is 2. The summed E-state index contributed by atoms with van der Waals surface area (Å²) in [5, 5.41) is 49.2. The molecular formula is C47H62N4O9S4. The van der Waals surface area contributed by atoms with Crippen LogP contribution in [0, 0.1) is 22.7 Å². The zero-order valence-corrected chi connectivity index (χ0v) is 42.3. The van der Waals surface area contributed by atoms with E-state index in [9.17, 15) is 52.3 Å². The quantitative estimate of drug-likeness (QED) is 0.0854. The summed E-state index contributed by atoms with van der Waals surface area (Å²) in [6.45, 7) is 23.1. The summed E-state index contributed by atoms with van der Waals surface area (Å²) in [4.78, 5) is 34.3. The standard InChI is InChI=1S/C24H32N2O4S2.C23H30N2O5S2/c1-8-21-22(31-23(26-21)24(6,7)28)32(29,30)13-17(27)11-20-18(14(2)3)9-16(12-25)10-19(20)15(4)5;1-13(2)17-7-15(10-24)8-18(14(3)4)19(17)9-16(27)12-32(29,30)21-20(11-26)25-22(31-21)23(5,6)28/h9-10,14-15,28H,8,11,13H2,1-7H3;7-8,13-14,26,28H,9,11-12H2,1-6H3. The van der Waals surface area contributed by atoms with Crippen LogP contribution in [0.5, 0.6) is 0 Å². The fraction of sp³-hybridized carbons (Fsp3) is 0.532. The van der Waals surface area contributed by atoms with Crippen LogP contribution in [0.3, 0.4) is 0 Å². The van der Waals surface area contributed by atoms with E-state index in [1.165, 1.54) is 13.8 Å². The lowest BCUT2D eigenvalue weighted by atomic mass is 9.85. The van der Waals surface area contributed by atoms with Gasteiger partial charge in [-0.1, -0.05) is 62.3 Å². The first-order valence-corrected chi connectivity index (χ1v) is 26.0. The van der Waals surface area contributed by atoms with Gasteiger partial charge in [0.2, 0.25) is 0 Å². The Bertz CT molecular complexity index is 2420. The normalized spacial score (nSPS) is 12.4. The van der Waals surface area contributed by atoms with Crippen LogP contribution in [-0.2, 0) is 66.3 Å². The number of ketones is 2. The minimum atomic E-state index is -4.06. The highest BCUT2D eigenvalue weighted by atomic mass is 32.2. The van der Waals surface area contributed by atoms with E-state index in [0.717, 1.165) is 56.1 Å². The number of benzene rings is 2. The molecule has 0 saturated heterocycles. The highest BCUT2D eigenvalue weighted by Gasteiger charge is 2.33. The third kappa shape index (κ3) is 13.4. The van der Waals surface area contributed by atoms with Crippen LogP contribution >= 0.6 is 22.7 Å². The van der Waals surface area contributed by atoms with Crippen LogP contribution in [0.4, 0.5) is 0 Å². The van der Waals surface area contributed by atoms with Crippen LogP contribution in [-0.4, -0.2) is 65.2 Å². The first-order valence-electron chi connectivity index (χ1n) is 21.1. The molecular weight excluding hydrogens is 893 g/mol. The summed E-state index contributed by atoms with van der Waals surface area (Å²) < 4.78 is 52.1. The maximum Gasteiger partial charge on any atom is 0.196 e. The van der Waals surface area contributed by atoms with Gasteiger partial charge in [-0.3, -0.25) is 9.59 Å². The Balaban J connectivity index is 0.000000340. The van der Waals surface area contributed by atoms with Crippen LogP contribution < -0.4 is 0 Å². The first-order chi connectivity index (χ1) is 29.4. The zero-order chi connectivity index (χ0) is 48.9. The molecule has 4 aromatic rings. The molecule has 2 aromatic carbocycles. The van der Waals surface area contributed by atoms with Crippen molar-refractivity contribution < 1.29 is 41.7 Å². The number of aliphatic hydroxyl groups excluding tert-OH is 1. The van der Waals surface area contributed by atoms with Gasteiger partial charge in [-0.15, -0.1) is 22.7 Å². The molecule has 0 unspecified atom stereocenters. The summed E-state index contributed by atoms with van der Waals surface area (Å²) in [5.41, 5.74) is 3.83. The van der Waals surface area contributed by atoms with Crippen LogP contribution in [0.1, 0.15) is 180 Å². The smallest absolute Gasteiger partial charge is 0.196 e. The number of nitrogens with zero attached hydrogens (tertiary/aromatic N) is 4. The van der Waals surface area contributed by atoms with Crippen LogP contribution in [0.15, 0.2) is 32.7 Å². The van der Waals surface area contributed by atoms with Gasteiger partial charge in [-0.05, 0) is 115 Å². The molecule has 4 rings (SSSR count). The molecule has 0 fully saturated rings.